The number of hydrogen-bond donors (Lipinski definition) is 1. The molecule has 2 aromatic carbocycles. The Balaban J connectivity index is 2.41. The zero-order chi connectivity index (χ0) is 15.9. The molecule has 1 heterocycles. The molecule has 0 amide bonds. The number of nitrogens with one attached hydrogen (secondary N) is 1. The summed E-state index contributed by atoms with van der Waals surface area (Å²) < 4.78 is 37.0. The lowest BCUT2D eigenvalue weighted by molar-refractivity contribution is 0.602. The first-order valence-corrected chi connectivity index (χ1v) is 8.23. The molecule has 0 spiro atoms. The van der Waals surface area contributed by atoms with E-state index in [0.29, 0.717) is 11.1 Å². The van der Waals surface area contributed by atoms with Gasteiger partial charge in [-0.15, -0.1) is 0 Å². The molecule has 0 unspecified atom stereocenters. The van der Waals surface area contributed by atoms with Gasteiger partial charge in [-0.1, -0.05) is 12.1 Å². The fourth-order valence-corrected chi connectivity index (χ4v) is 3.09. The third kappa shape index (κ3) is 2.50. The van der Waals surface area contributed by atoms with Crippen molar-refractivity contribution in [2.45, 2.75) is 4.90 Å². The number of nitrogens with zero attached hydrogens (tertiary/aromatic N) is 1. The Morgan fingerprint density at radius 2 is 1.77 bits per heavy atom. The van der Waals surface area contributed by atoms with E-state index in [9.17, 15) is 17.6 Å². The van der Waals surface area contributed by atoms with E-state index in [1.54, 1.807) is 6.07 Å². The highest BCUT2D eigenvalue weighted by Gasteiger charge is 2.17. The van der Waals surface area contributed by atoms with Gasteiger partial charge in [-0.3, -0.25) is 4.79 Å². The van der Waals surface area contributed by atoms with Crippen LogP contribution in [0, 0.1) is 5.82 Å². The van der Waals surface area contributed by atoms with Gasteiger partial charge in [0.1, 0.15) is 5.82 Å². The third-order valence-corrected chi connectivity index (χ3v) is 4.40. The molecule has 0 aliphatic heterocycles. The fraction of sp³-hybridized carbons (Fsp3) is 0.0667. The molecule has 0 bridgehead atoms. The van der Waals surface area contributed by atoms with Crippen LogP contribution >= 0.6 is 0 Å². The molecule has 0 aliphatic carbocycles. The lowest BCUT2D eigenvalue weighted by atomic mass is 10.0. The van der Waals surface area contributed by atoms with Crippen LogP contribution in [0.2, 0.25) is 0 Å². The van der Waals surface area contributed by atoms with Crippen LogP contribution < -0.4 is 5.56 Å². The van der Waals surface area contributed by atoms with Crippen LogP contribution in [0.15, 0.2) is 52.4 Å². The summed E-state index contributed by atoms with van der Waals surface area (Å²) in [6, 6.07) is 8.57. The molecule has 112 valence electrons. The molecular weight excluding hydrogens is 307 g/mol. The van der Waals surface area contributed by atoms with E-state index in [0.717, 1.165) is 12.6 Å². The molecule has 22 heavy (non-hydrogen) atoms. The molecule has 1 N–H and O–H groups in total. The standard InChI is InChI=1S/C15H11FN2O3S/c1-22(20,21)13-7-10(9-2-4-11(16)5-3-9)6-12-14(13)17-8-18-15(12)19/h2-8H,1H3,(H,17,18,19). The number of H-pyrrole nitrogens is 1. The molecule has 3 aromatic rings. The van der Waals surface area contributed by atoms with E-state index in [1.807, 2.05) is 0 Å². The van der Waals surface area contributed by atoms with Gasteiger partial charge in [0.15, 0.2) is 9.84 Å². The number of aromatic amines is 1. The lowest BCUT2D eigenvalue weighted by Crippen LogP contribution is -2.09. The van der Waals surface area contributed by atoms with Crippen molar-refractivity contribution in [3.05, 3.63) is 58.9 Å². The maximum absolute atomic E-state index is 13.0. The van der Waals surface area contributed by atoms with Crippen LogP contribution in [0.4, 0.5) is 4.39 Å². The number of halogens is 1. The van der Waals surface area contributed by atoms with Gasteiger partial charge in [-0.25, -0.2) is 17.8 Å². The smallest absolute Gasteiger partial charge is 0.258 e. The van der Waals surface area contributed by atoms with Crippen molar-refractivity contribution < 1.29 is 12.8 Å². The highest BCUT2D eigenvalue weighted by Crippen LogP contribution is 2.28. The van der Waals surface area contributed by atoms with Crippen molar-refractivity contribution in [3.63, 3.8) is 0 Å². The minimum atomic E-state index is -3.57. The highest BCUT2D eigenvalue weighted by molar-refractivity contribution is 7.91. The summed E-state index contributed by atoms with van der Waals surface area (Å²) in [6.07, 6.45) is 2.22. The SMILES string of the molecule is CS(=O)(=O)c1cc(-c2ccc(F)cc2)cc2c(=O)[nH]cnc12. The monoisotopic (exact) mass is 318 g/mol. The van der Waals surface area contributed by atoms with E-state index in [-0.39, 0.29) is 15.8 Å². The van der Waals surface area contributed by atoms with E-state index < -0.39 is 21.2 Å². The Morgan fingerprint density at radius 1 is 1.09 bits per heavy atom. The van der Waals surface area contributed by atoms with Crippen molar-refractivity contribution in [3.8, 4) is 11.1 Å². The predicted molar refractivity (Wildman–Crippen MR) is 80.9 cm³/mol. The second kappa shape index (κ2) is 5.03. The van der Waals surface area contributed by atoms with Gasteiger partial charge in [0, 0.05) is 6.26 Å². The normalized spacial score (nSPS) is 11.7. The van der Waals surface area contributed by atoms with Crippen LogP contribution in [-0.2, 0) is 9.84 Å². The predicted octanol–water partition coefficient (Wildman–Crippen LogP) is 2.13. The first-order valence-electron chi connectivity index (χ1n) is 6.34. The van der Waals surface area contributed by atoms with Gasteiger partial charge in [0.05, 0.1) is 22.1 Å². The van der Waals surface area contributed by atoms with Crippen LogP contribution in [0.25, 0.3) is 22.0 Å². The van der Waals surface area contributed by atoms with Crippen molar-refractivity contribution in [1.82, 2.24) is 9.97 Å². The average Bonchev–Trinajstić information content (AvgIpc) is 2.46. The lowest BCUT2D eigenvalue weighted by Gasteiger charge is -2.08. The maximum atomic E-state index is 13.0. The van der Waals surface area contributed by atoms with Gasteiger partial charge < -0.3 is 4.98 Å². The van der Waals surface area contributed by atoms with Crippen LogP contribution in [0.3, 0.4) is 0 Å². The van der Waals surface area contributed by atoms with Crippen molar-refractivity contribution in [2.75, 3.05) is 6.26 Å². The number of fused-ring (bicyclic) bond motifs is 1. The Labute approximate surface area is 125 Å². The summed E-state index contributed by atoms with van der Waals surface area (Å²) in [6.45, 7) is 0. The van der Waals surface area contributed by atoms with Crippen molar-refractivity contribution in [2.24, 2.45) is 0 Å². The van der Waals surface area contributed by atoms with Crippen LogP contribution in [0.1, 0.15) is 0 Å². The fourth-order valence-electron chi connectivity index (χ4n) is 2.24. The molecule has 0 atom stereocenters. The molecule has 0 saturated carbocycles. The van der Waals surface area contributed by atoms with Crippen LogP contribution in [0.5, 0.6) is 0 Å². The Morgan fingerprint density at radius 3 is 2.41 bits per heavy atom. The van der Waals surface area contributed by atoms with E-state index in [1.165, 1.54) is 30.3 Å². The zero-order valence-electron chi connectivity index (χ0n) is 11.5. The van der Waals surface area contributed by atoms with Gasteiger partial charge >= 0.3 is 0 Å². The number of rotatable bonds is 2. The third-order valence-electron chi connectivity index (χ3n) is 3.29. The Bertz CT molecular complexity index is 1020. The Kier molecular flexibility index (Phi) is 3.29. The first-order chi connectivity index (χ1) is 10.4. The van der Waals surface area contributed by atoms with Crippen molar-refractivity contribution >= 4 is 20.7 Å². The number of aromatic nitrogens is 2. The topological polar surface area (TPSA) is 79.9 Å². The molecule has 5 nitrogen and oxygen atoms in total. The Hall–Kier alpha value is -2.54. The largest absolute Gasteiger partial charge is 0.313 e. The highest BCUT2D eigenvalue weighted by atomic mass is 32.2. The molecule has 1 aromatic heterocycles. The van der Waals surface area contributed by atoms with Crippen molar-refractivity contribution in [1.29, 1.82) is 0 Å². The molecular formula is C15H11FN2O3S. The van der Waals surface area contributed by atoms with E-state index in [2.05, 4.69) is 9.97 Å². The van der Waals surface area contributed by atoms with Gasteiger partial charge in [0.2, 0.25) is 0 Å². The quantitative estimate of drug-likeness (QED) is 0.785. The summed E-state index contributed by atoms with van der Waals surface area (Å²) in [4.78, 5) is 18.3. The van der Waals surface area contributed by atoms with Gasteiger partial charge in [-0.05, 0) is 35.4 Å². The minimum Gasteiger partial charge on any atom is -0.313 e. The molecule has 0 radical (unpaired) electrons. The summed E-state index contributed by atoms with van der Waals surface area (Å²) in [5, 5.41) is 0.171. The second-order valence-corrected chi connectivity index (χ2v) is 6.87. The van der Waals surface area contributed by atoms with E-state index in [4.69, 9.17) is 0 Å². The number of sulfone groups is 1. The molecule has 3 rings (SSSR count). The molecule has 7 heteroatoms. The molecule has 0 aliphatic rings. The summed E-state index contributed by atoms with van der Waals surface area (Å²) >= 11 is 0. The summed E-state index contributed by atoms with van der Waals surface area (Å²) in [7, 11) is -3.57. The summed E-state index contributed by atoms with van der Waals surface area (Å²) in [5.74, 6) is -0.396. The number of benzene rings is 2. The maximum Gasteiger partial charge on any atom is 0.258 e. The zero-order valence-corrected chi connectivity index (χ0v) is 12.3. The van der Waals surface area contributed by atoms with E-state index >= 15 is 0 Å². The number of hydrogen-bond acceptors (Lipinski definition) is 4. The minimum absolute atomic E-state index is 0.0320. The van der Waals surface area contributed by atoms with Gasteiger partial charge in [-0.2, -0.15) is 0 Å². The first kappa shape index (κ1) is 14.4. The molecule has 0 saturated heterocycles. The molecule has 0 fully saturated rings. The van der Waals surface area contributed by atoms with Gasteiger partial charge in [0.25, 0.3) is 5.56 Å². The summed E-state index contributed by atoms with van der Waals surface area (Å²) in [5.41, 5.74) is 0.804. The average molecular weight is 318 g/mol. The van der Waals surface area contributed by atoms with Crippen LogP contribution in [-0.4, -0.2) is 24.6 Å². The second-order valence-electron chi connectivity index (χ2n) is 4.88.